The third kappa shape index (κ3) is 4.58. The number of halogens is 1. The molecule has 206 valence electrons. The predicted molar refractivity (Wildman–Crippen MR) is 152 cm³/mol. The Labute approximate surface area is 237 Å². The average Bonchev–Trinajstić information content (AvgIpc) is 3.91. The first-order valence-electron chi connectivity index (χ1n) is 14.2. The number of hydrogen-bond donors (Lipinski definition) is 1. The number of nitrogens with one attached hydrogen (secondary N) is 1. The number of aromatic nitrogens is 4. The minimum atomic E-state index is -0.355. The van der Waals surface area contributed by atoms with E-state index in [2.05, 4.69) is 34.6 Å². The molecule has 3 aliphatic rings. The molecule has 7 rings (SSSR count). The van der Waals surface area contributed by atoms with E-state index in [0.29, 0.717) is 40.8 Å². The third-order valence-electron chi connectivity index (χ3n) is 8.76. The second-order valence-electron chi connectivity index (χ2n) is 11.5. The Morgan fingerprint density at radius 3 is 2.63 bits per heavy atom. The highest BCUT2D eigenvalue weighted by atomic mass is 19.1. The maximum absolute atomic E-state index is 15.3. The number of benzene rings is 2. The first-order chi connectivity index (χ1) is 19.9. The Bertz CT molecular complexity index is 1750. The van der Waals surface area contributed by atoms with Crippen LogP contribution in [-0.2, 0) is 20.1 Å². The van der Waals surface area contributed by atoms with E-state index in [9.17, 15) is 10.1 Å². The summed E-state index contributed by atoms with van der Waals surface area (Å²) >= 11 is 0. The van der Waals surface area contributed by atoms with Crippen molar-refractivity contribution in [3.63, 3.8) is 0 Å². The van der Waals surface area contributed by atoms with Crippen LogP contribution in [0.25, 0.3) is 22.5 Å². The highest BCUT2D eigenvalue weighted by molar-refractivity contribution is 6.10. The van der Waals surface area contributed by atoms with Gasteiger partial charge in [0, 0.05) is 47.4 Å². The number of carbonyl (C=O) groups excluding carboxylic acids is 1. The molecule has 41 heavy (non-hydrogen) atoms. The van der Waals surface area contributed by atoms with E-state index in [-0.39, 0.29) is 23.8 Å². The molecule has 2 saturated carbocycles. The summed E-state index contributed by atoms with van der Waals surface area (Å²) in [6, 6.07) is 15.0. The number of fused-ring (bicyclic) bond motifs is 1. The molecule has 2 aliphatic carbocycles. The summed E-state index contributed by atoms with van der Waals surface area (Å²) in [5.41, 5.74) is 5.67. The average molecular weight is 548 g/mol. The van der Waals surface area contributed by atoms with Crippen LogP contribution in [0.1, 0.15) is 77.7 Å². The zero-order valence-electron chi connectivity index (χ0n) is 23.1. The number of aryl methyl sites for hydroxylation is 1. The molecule has 0 bridgehead atoms. The highest BCUT2D eigenvalue weighted by Crippen LogP contribution is 2.43. The summed E-state index contributed by atoms with van der Waals surface area (Å²) in [6.07, 6.45) is 7.00. The fourth-order valence-corrected chi connectivity index (χ4v) is 5.80. The van der Waals surface area contributed by atoms with Gasteiger partial charge in [-0.05, 0) is 85.2 Å². The Morgan fingerprint density at radius 2 is 1.95 bits per heavy atom. The first-order valence-corrected chi connectivity index (χ1v) is 14.2. The Hall–Kier alpha value is -4.42. The number of rotatable bonds is 8. The van der Waals surface area contributed by atoms with Gasteiger partial charge in [-0.25, -0.2) is 9.37 Å². The monoisotopic (exact) mass is 547 g/mol. The molecular weight excluding hydrogens is 517 g/mol. The molecule has 1 aliphatic heterocycles. The number of nitrogens with zero attached hydrogens (tertiary/aromatic N) is 6. The molecule has 1 amide bonds. The van der Waals surface area contributed by atoms with Gasteiger partial charge in [-0.1, -0.05) is 13.0 Å². The zero-order chi connectivity index (χ0) is 28.3. The van der Waals surface area contributed by atoms with Crippen molar-refractivity contribution in [1.29, 1.82) is 5.26 Å². The molecule has 2 aromatic heterocycles. The van der Waals surface area contributed by atoms with Gasteiger partial charge in [0.05, 0.1) is 18.2 Å². The van der Waals surface area contributed by atoms with Crippen molar-refractivity contribution < 1.29 is 9.18 Å². The van der Waals surface area contributed by atoms with E-state index in [4.69, 9.17) is 4.98 Å². The number of carbonyl (C=O) groups is 1. The number of nitriles is 1. The van der Waals surface area contributed by atoms with E-state index in [0.717, 1.165) is 60.1 Å². The molecule has 0 saturated heterocycles. The molecule has 0 radical (unpaired) electrons. The fourth-order valence-electron chi connectivity index (χ4n) is 5.80. The van der Waals surface area contributed by atoms with Crippen molar-refractivity contribution in [2.45, 2.75) is 63.6 Å². The van der Waals surface area contributed by atoms with Gasteiger partial charge in [0.15, 0.2) is 5.82 Å². The zero-order valence-corrected chi connectivity index (χ0v) is 23.1. The fraction of sp³-hybridized carbons (Fsp3) is 0.344. The minimum absolute atomic E-state index is 0.136. The molecule has 3 heterocycles. The maximum Gasteiger partial charge on any atom is 0.260 e. The summed E-state index contributed by atoms with van der Waals surface area (Å²) in [5.74, 6) is 0.866. The summed E-state index contributed by atoms with van der Waals surface area (Å²) in [4.78, 5) is 20.2. The normalized spacial score (nSPS) is 17.0. The maximum atomic E-state index is 15.3. The van der Waals surface area contributed by atoms with E-state index in [1.165, 1.54) is 0 Å². The SMILES string of the molecule is CCC1(NCc2cc(F)c3c(c2)C(=O)N(c2cc(-c4ccc(C#N)cc4-c4nncn4C)cc(C4CC4)n2)C3)CC1. The second kappa shape index (κ2) is 9.60. The van der Waals surface area contributed by atoms with E-state index < -0.39 is 0 Å². The summed E-state index contributed by atoms with van der Waals surface area (Å²) in [6.45, 7) is 2.83. The lowest BCUT2D eigenvalue weighted by Gasteiger charge is -2.18. The number of hydrogen-bond acceptors (Lipinski definition) is 6. The number of amides is 1. The van der Waals surface area contributed by atoms with Crippen LogP contribution in [0.2, 0.25) is 0 Å². The molecule has 0 spiro atoms. The van der Waals surface area contributed by atoms with Crippen LogP contribution in [0.4, 0.5) is 10.2 Å². The number of anilines is 1. The lowest BCUT2D eigenvalue weighted by molar-refractivity contribution is 0.0995. The van der Waals surface area contributed by atoms with Gasteiger partial charge in [0.1, 0.15) is 18.0 Å². The van der Waals surface area contributed by atoms with Gasteiger partial charge in [-0.15, -0.1) is 10.2 Å². The van der Waals surface area contributed by atoms with Gasteiger partial charge >= 0.3 is 0 Å². The van der Waals surface area contributed by atoms with E-state index in [1.807, 2.05) is 35.9 Å². The molecule has 0 atom stereocenters. The van der Waals surface area contributed by atoms with Crippen molar-refractivity contribution in [2.24, 2.45) is 7.05 Å². The molecule has 9 heteroatoms. The minimum Gasteiger partial charge on any atom is -0.317 e. The molecule has 2 aromatic carbocycles. The number of pyridine rings is 1. The van der Waals surface area contributed by atoms with Crippen molar-refractivity contribution in [3.05, 3.63) is 82.6 Å². The Balaban J connectivity index is 1.27. The largest absolute Gasteiger partial charge is 0.317 e. The van der Waals surface area contributed by atoms with Gasteiger partial charge < -0.3 is 9.88 Å². The predicted octanol–water partition coefficient (Wildman–Crippen LogP) is 5.62. The smallest absolute Gasteiger partial charge is 0.260 e. The molecule has 2 fully saturated rings. The molecule has 1 N–H and O–H groups in total. The molecule has 0 unspecified atom stereocenters. The van der Waals surface area contributed by atoms with Crippen LogP contribution < -0.4 is 10.2 Å². The van der Waals surface area contributed by atoms with Crippen molar-refractivity contribution >= 4 is 11.7 Å². The van der Waals surface area contributed by atoms with Gasteiger partial charge in [-0.3, -0.25) is 9.69 Å². The highest BCUT2D eigenvalue weighted by Gasteiger charge is 2.40. The third-order valence-corrected chi connectivity index (χ3v) is 8.76. The lowest BCUT2D eigenvalue weighted by atomic mass is 9.96. The van der Waals surface area contributed by atoms with Crippen LogP contribution in [0.15, 0.2) is 48.8 Å². The van der Waals surface area contributed by atoms with Crippen LogP contribution in [0.5, 0.6) is 0 Å². The second-order valence-corrected chi connectivity index (χ2v) is 11.5. The molecule has 8 nitrogen and oxygen atoms in total. The van der Waals surface area contributed by atoms with Gasteiger partial charge in [-0.2, -0.15) is 5.26 Å². The lowest BCUT2D eigenvalue weighted by Crippen LogP contribution is -2.29. The van der Waals surface area contributed by atoms with Crippen molar-refractivity contribution in [2.75, 3.05) is 4.90 Å². The quantitative estimate of drug-likeness (QED) is 0.307. The van der Waals surface area contributed by atoms with Crippen LogP contribution in [-0.4, -0.2) is 31.2 Å². The summed E-state index contributed by atoms with van der Waals surface area (Å²) < 4.78 is 17.2. The van der Waals surface area contributed by atoms with Crippen molar-refractivity contribution in [1.82, 2.24) is 25.1 Å². The first kappa shape index (κ1) is 25.5. The van der Waals surface area contributed by atoms with Crippen LogP contribution >= 0.6 is 0 Å². The van der Waals surface area contributed by atoms with Gasteiger partial charge in [0.25, 0.3) is 5.91 Å². The van der Waals surface area contributed by atoms with Crippen LogP contribution in [0, 0.1) is 17.1 Å². The van der Waals surface area contributed by atoms with E-state index in [1.54, 1.807) is 23.4 Å². The van der Waals surface area contributed by atoms with E-state index >= 15 is 4.39 Å². The summed E-state index contributed by atoms with van der Waals surface area (Å²) in [5, 5.41) is 21.4. The molecular formula is C32H30FN7O. The Morgan fingerprint density at radius 1 is 1.12 bits per heavy atom. The molecule has 4 aromatic rings. The van der Waals surface area contributed by atoms with Gasteiger partial charge in [0.2, 0.25) is 0 Å². The summed E-state index contributed by atoms with van der Waals surface area (Å²) in [7, 11) is 1.86. The standard InChI is InChI=1S/C32H30FN7O/c1-3-32(8-9-32)35-16-20-11-25-26(27(33)12-20)17-40(31(25)41)29-14-22(13-28(37-29)21-5-6-21)23-7-4-19(15-34)10-24(23)30-38-36-18-39(30)2/h4,7,10-14,18,21,35H,3,5-6,8-9,16-17H2,1-2H3. The topological polar surface area (TPSA) is 99.7 Å². The Kier molecular flexibility index (Phi) is 5.98. The van der Waals surface area contributed by atoms with Crippen LogP contribution in [0.3, 0.4) is 0 Å². The van der Waals surface area contributed by atoms with Crippen molar-refractivity contribution in [3.8, 4) is 28.6 Å².